The van der Waals surface area contributed by atoms with E-state index in [2.05, 4.69) is 29.0 Å². The van der Waals surface area contributed by atoms with E-state index in [1.54, 1.807) is 12.4 Å². The van der Waals surface area contributed by atoms with Crippen LogP contribution in [0.1, 0.15) is 35.6 Å². The van der Waals surface area contributed by atoms with Gasteiger partial charge >= 0.3 is 0 Å². The summed E-state index contributed by atoms with van der Waals surface area (Å²) in [6.07, 6.45) is 9.46. The number of carbonyl (C=O) groups excluding carboxylic acids is 1. The van der Waals surface area contributed by atoms with Crippen LogP contribution in [0.4, 0.5) is 0 Å². The van der Waals surface area contributed by atoms with E-state index in [1.807, 2.05) is 41.6 Å². The van der Waals surface area contributed by atoms with Gasteiger partial charge in [0.05, 0.1) is 24.0 Å². The summed E-state index contributed by atoms with van der Waals surface area (Å²) in [5.41, 5.74) is 5.24. The van der Waals surface area contributed by atoms with Crippen LogP contribution in [-0.4, -0.2) is 38.8 Å². The number of hydrogen-bond acceptors (Lipinski definition) is 4. The molecule has 1 aliphatic heterocycles. The maximum atomic E-state index is 12.6. The van der Waals surface area contributed by atoms with Gasteiger partial charge in [0.1, 0.15) is 0 Å². The SMILES string of the molecule is Cc1ccccc1-c1cncc(C2CCN(C(=O)Cc3cccnc3)CC2)n1. The second-order valence-corrected chi connectivity index (χ2v) is 7.34. The van der Waals surface area contributed by atoms with Gasteiger partial charge in [-0.3, -0.25) is 14.8 Å². The standard InChI is InChI=1S/C23H24N4O/c1-17-5-2-3-7-20(17)22-16-25-15-21(26-22)19-8-11-27(12-9-19)23(28)13-18-6-4-10-24-14-18/h2-7,10,14-16,19H,8-9,11-13H2,1H3. The molecule has 0 radical (unpaired) electrons. The molecule has 3 aromatic rings. The van der Waals surface area contributed by atoms with Crippen molar-refractivity contribution in [3.05, 3.63) is 78.0 Å². The molecular formula is C23H24N4O. The molecule has 0 N–H and O–H groups in total. The van der Waals surface area contributed by atoms with Gasteiger partial charge in [-0.1, -0.05) is 30.3 Å². The topological polar surface area (TPSA) is 59.0 Å². The van der Waals surface area contributed by atoms with Gasteiger partial charge < -0.3 is 4.90 Å². The van der Waals surface area contributed by atoms with Gasteiger partial charge in [-0.05, 0) is 37.0 Å². The van der Waals surface area contributed by atoms with Gasteiger partial charge in [0, 0.05) is 43.2 Å². The van der Waals surface area contributed by atoms with E-state index in [0.29, 0.717) is 12.3 Å². The van der Waals surface area contributed by atoms with E-state index in [-0.39, 0.29) is 5.91 Å². The van der Waals surface area contributed by atoms with Crippen molar-refractivity contribution >= 4 is 5.91 Å². The van der Waals surface area contributed by atoms with Crippen LogP contribution in [0.2, 0.25) is 0 Å². The van der Waals surface area contributed by atoms with E-state index in [1.165, 1.54) is 5.56 Å². The van der Waals surface area contributed by atoms with Gasteiger partial charge in [0.2, 0.25) is 5.91 Å². The quantitative estimate of drug-likeness (QED) is 0.699. The third-order valence-electron chi connectivity index (χ3n) is 5.42. The van der Waals surface area contributed by atoms with Crippen LogP contribution in [0, 0.1) is 6.92 Å². The average Bonchev–Trinajstić information content (AvgIpc) is 2.75. The fourth-order valence-electron chi connectivity index (χ4n) is 3.78. The van der Waals surface area contributed by atoms with Gasteiger partial charge in [-0.2, -0.15) is 0 Å². The lowest BCUT2D eigenvalue weighted by Crippen LogP contribution is -2.39. The molecule has 2 aromatic heterocycles. The number of amides is 1. The minimum atomic E-state index is 0.172. The minimum absolute atomic E-state index is 0.172. The molecule has 0 aliphatic carbocycles. The summed E-state index contributed by atoms with van der Waals surface area (Å²) < 4.78 is 0. The van der Waals surface area contributed by atoms with Crippen molar-refractivity contribution in [2.45, 2.75) is 32.1 Å². The molecule has 5 heteroatoms. The number of piperidine rings is 1. The van der Waals surface area contributed by atoms with Crippen LogP contribution < -0.4 is 0 Å². The molecule has 1 aromatic carbocycles. The smallest absolute Gasteiger partial charge is 0.227 e. The summed E-state index contributed by atoms with van der Waals surface area (Å²) in [6.45, 7) is 3.62. The third-order valence-corrected chi connectivity index (χ3v) is 5.42. The van der Waals surface area contributed by atoms with E-state index in [4.69, 9.17) is 4.98 Å². The van der Waals surface area contributed by atoms with Crippen LogP contribution in [-0.2, 0) is 11.2 Å². The molecule has 1 aliphatic rings. The number of rotatable bonds is 4. The van der Waals surface area contributed by atoms with E-state index in [0.717, 1.165) is 48.4 Å². The van der Waals surface area contributed by atoms with Crippen molar-refractivity contribution < 1.29 is 4.79 Å². The largest absolute Gasteiger partial charge is 0.342 e. The molecule has 1 fully saturated rings. The van der Waals surface area contributed by atoms with Crippen molar-refractivity contribution in [2.75, 3.05) is 13.1 Å². The highest BCUT2D eigenvalue weighted by Gasteiger charge is 2.25. The number of likely N-dealkylation sites (tertiary alicyclic amines) is 1. The first kappa shape index (κ1) is 18.3. The second kappa shape index (κ2) is 8.30. The van der Waals surface area contributed by atoms with Crippen LogP contribution in [0.5, 0.6) is 0 Å². The number of carbonyl (C=O) groups is 1. The number of pyridine rings is 1. The zero-order valence-corrected chi connectivity index (χ0v) is 16.1. The highest BCUT2D eigenvalue weighted by molar-refractivity contribution is 5.78. The maximum absolute atomic E-state index is 12.6. The molecule has 5 nitrogen and oxygen atoms in total. The summed E-state index contributed by atoms with van der Waals surface area (Å²) in [5, 5.41) is 0. The van der Waals surface area contributed by atoms with Gasteiger partial charge in [-0.25, -0.2) is 4.98 Å². The summed E-state index contributed by atoms with van der Waals surface area (Å²) in [6, 6.07) is 12.1. The molecule has 0 bridgehead atoms. The molecule has 1 amide bonds. The monoisotopic (exact) mass is 372 g/mol. The Morgan fingerprint density at radius 2 is 1.86 bits per heavy atom. The molecule has 0 saturated carbocycles. The van der Waals surface area contributed by atoms with E-state index >= 15 is 0 Å². The Balaban J connectivity index is 1.41. The molecule has 3 heterocycles. The molecule has 142 valence electrons. The maximum Gasteiger partial charge on any atom is 0.227 e. The van der Waals surface area contributed by atoms with E-state index in [9.17, 15) is 4.79 Å². The van der Waals surface area contributed by atoms with Gasteiger partial charge in [0.15, 0.2) is 0 Å². The van der Waals surface area contributed by atoms with Crippen LogP contribution in [0.15, 0.2) is 61.2 Å². The Kier molecular flexibility index (Phi) is 5.42. The molecule has 1 saturated heterocycles. The van der Waals surface area contributed by atoms with Crippen molar-refractivity contribution in [3.63, 3.8) is 0 Å². The molecule has 4 rings (SSSR count). The Morgan fingerprint density at radius 1 is 1.04 bits per heavy atom. The highest BCUT2D eigenvalue weighted by atomic mass is 16.2. The molecule has 0 atom stereocenters. The van der Waals surface area contributed by atoms with E-state index < -0.39 is 0 Å². The zero-order chi connectivity index (χ0) is 19.3. The Morgan fingerprint density at radius 3 is 2.61 bits per heavy atom. The number of nitrogens with zero attached hydrogens (tertiary/aromatic N) is 4. The number of aromatic nitrogens is 3. The summed E-state index contributed by atoms with van der Waals surface area (Å²) in [4.78, 5) is 27.9. The summed E-state index contributed by atoms with van der Waals surface area (Å²) >= 11 is 0. The van der Waals surface area contributed by atoms with Crippen LogP contribution in [0.25, 0.3) is 11.3 Å². The first-order chi connectivity index (χ1) is 13.7. The minimum Gasteiger partial charge on any atom is -0.342 e. The lowest BCUT2D eigenvalue weighted by atomic mass is 9.93. The van der Waals surface area contributed by atoms with Crippen molar-refractivity contribution in [1.82, 2.24) is 19.9 Å². The van der Waals surface area contributed by atoms with Crippen molar-refractivity contribution in [1.29, 1.82) is 0 Å². The van der Waals surface area contributed by atoms with Crippen LogP contribution >= 0.6 is 0 Å². The Bertz CT molecular complexity index is 950. The normalized spacial score (nSPS) is 14.8. The highest BCUT2D eigenvalue weighted by Crippen LogP contribution is 2.29. The van der Waals surface area contributed by atoms with Crippen molar-refractivity contribution in [3.8, 4) is 11.3 Å². The fraction of sp³-hybridized carbons (Fsp3) is 0.304. The van der Waals surface area contributed by atoms with Gasteiger partial charge in [0.25, 0.3) is 0 Å². The van der Waals surface area contributed by atoms with Crippen molar-refractivity contribution in [2.24, 2.45) is 0 Å². The fourth-order valence-corrected chi connectivity index (χ4v) is 3.78. The molecule has 0 unspecified atom stereocenters. The average molecular weight is 372 g/mol. The molecular weight excluding hydrogens is 348 g/mol. The third kappa shape index (κ3) is 4.09. The van der Waals surface area contributed by atoms with Crippen LogP contribution in [0.3, 0.4) is 0 Å². The lowest BCUT2D eigenvalue weighted by Gasteiger charge is -2.31. The Hall–Kier alpha value is -3.08. The summed E-state index contributed by atoms with van der Waals surface area (Å²) in [7, 11) is 0. The zero-order valence-electron chi connectivity index (χ0n) is 16.1. The number of benzene rings is 1. The number of aryl methyl sites for hydroxylation is 1. The predicted molar refractivity (Wildman–Crippen MR) is 109 cm³/mol. The lowest BCUT2D eigenvalue weighted by molar-refractivity contribution is -0.131. The predicted octanol–water partition coefficient (Wildman–Crippen LogP) is 3.80. The first-order valence-corrected chi connectivity index (χ1v) is 9.75. The molecule has 28 heavy (non-hydrogen) atoms. The first-order valence-electron chi connectivity index (χ1n) is 9.75. The Labute approximate surface area is 165 Å². The van der Waals surface area contributed by atoms with Gasteiger partial charge in [-0.15, -0.1) is 0 Å². The second-order valence-electron chi connectivity index (χ2n) is 7.34. The summed E-state index contributed by atoms with van der Waals surface area (Å²) in [5.74, 6) is 0.519. The number of hydrogen-bond donors (Lipinski definition) is 0. The molecule has 0 spiro atoms.